The molecule has 0 saturated heterocycles. The first-order valence-corrected chi connectivity index (χ1v) is 11.6. The Hall–Kier alpha value is -1.90. The van der Waals surface area contributed by atoms with Gasteiger partial charge >= 0.3 is 0 Å². The number of benzene rings is 3. The van der Waals surface area contributed by atoms with Crippen LogP contribution in [-0.4, -0.2) is 13.0 Å². The van der Waals surface area contributed by atoms with Crippen molar-refractivity contribution in [2.45, 2.75) is 15.5 Å². The number of nitrogens with one attached hydrogen (secondary N) is 1. The average molecular weight is 455 g/mol. The van der Waals surface area contributed by atoms with Gasteiger partial charge in [0.25, 0.3) is 10.0 Å². The summed E-state index contributed by atoms with van der Waals surface area (Å²) >= 11 is 10.4. The van der Waals surface area contributed by atoms with Gasteiger partial charge in [0.1, 0.15) is 11.4 Å². The van der Waals surface area contributed by atoms with E-state index in [0.29, 0.717) is 20.6 Å². The predicted octanol–water partition coefficient (Wildman–Crippen LogP) is 4.68. The van der Waals surface area contributed by atoms with Crippen LogP contribution >= 0.6 is 23.2 Å². The fraction of sp³-hybridized carbons (Fsp3) is 0.0526. The highest BCUT2D eigenvalue weighted by atomic mass is 35.5. The minimum atomic E-state index is -3.94. The average Bonchev–Trinajstić information content (AvgIpc) is 2.61. The number of halogens is 2. The standard InChI is InChI=1S/C19H16Cl2N2O3S2/c20-14-4-2-6-17(10-14)28(25,26)23-18-11-15(21)7-8-19(18)27(24)12-13-3-1-5-16(22)9-13/h1-11,23H,12,22H2. The third-order valence-corrected chi connectivity index (χ3v) is 7.06. The zero-order valence-electron chi connectivity index (χ0n) is 14.4. The first kappa shape index (κ1) is 20.8. The van der Waals surface area contributed by atoms with E-state index in [4.69, 9.17) is 28.9 Å². The van der Waals surface area contributed by atoms with E-state index in [9.17, 15) is 13.0 Å². The van der Waals surface area contributed by atoms with Crippen molar-refractivity contribution >= 4 is 55.8 Å². The Morgan fingerprint density at radius 1 is 0.964 bits per heavy atom. The highest BCUT2D eigenvalue weighted by Gasteiger charge is 2.23. The van der Waals surface area contributed by atoms with Crippen molar-refractivity contribution in [3.8, 4) is 0 Å². The van der Waals surface area contributed by atoms with E-state index >= 15 is 0 Å². The summed E-state index contributed by atoms with van der Waals surface area (Å²) in [6, 6.07) is 17.4. The quantitative estimate of drug-likeness (QED) is 0.417. The molecule has 3 rings (SSSR count). The molecule has 5 nitrogen and oxygen atoms in total. The molecular weight excluding hydrogens is 439 g/mol. The molecule has 9 heteroatoms. The van der Waals surface area contributed by atoms with Crippen molar-refractivity contribution in [2.75, 3.05) is 10.5 Å². The molecule has 3 N–H and O–H groups in total. The Bertz CT molecular complexity index is 1110. The van der Waals surface area contributed by atoms with Crippen LogP contribution in [0.2, 0.25) is 10.0 Å². The van der Waals surface area contributed by atoms with Crippen molar-refractivity contribution in [1.82, 2.24) is 0 Å². The number of hydrogen-bond acceptors (Lipinski definition) is 4. The third-order valence-electron chi connectivity index (χ3n) is 3.79. The fourth-order valence-electron chi connectivity index (χ4n) is 2.53. The Labute approximate surface area is 176 Å². The van der Waals surface area contributed by atoms with Crippen LogP contribution in [0.1, 0.15) is 5.56 Å². The molecule has 0 amide bonds. The summed E-state index contributed by atoms with van der Waals surface area (Å²) in [4.78, 5) is 0.310. The first-order chi connectivity index (χ1) is 13.2. The molecule has 0 aromatic heterocycles. The molecule has 1 unspecified atom stereocenters. The number of nitrogen functional groups attached to an aromatic ring is 1. The summed E-state index contributed by atoms with van der Waals surface area (Å²) in [6.45, 7) is 0. The Morgan fingerprint density at radius 3 is 2.39 bits per heavy atom. The lowest BCUT2D eigenvalue weighted by Crippen LogP contribution is -2.16. The highest BCUT2D eigenvalue weighted by molar-refractivity contribution is 7.93. The maximum absolute atomic E-state index is 12.9. The van der Waals surface area contributed by atoms with Gasteiger partial charge in [-0.2, -0.15) is 0 Å². The van der Waals surface area contributed by atoms with Crippen LogP contribution in [0.4, 0.5) is 11.4 Å². The maximum atomic E-state index is 12.9. The number of hydrogen-bond donors (Lipinski definition) is 2. The van der Waals surface area contributed by atoms with Crippen LogP contribution in [0, 0.1) is 0 Å². The molecule has 28 heavy (non-hydrogen) atoms. The van der Waals surface area contributed by atoms with Crippen LogP contribution in [0.15, 0.2) is 76.5 Å². The smallest absolute Gasteiger partial charge is 0.262 e. The van der Waals surface area contributed by atoms with Gasteiger partial charge in [0, 0.05) is 21.3 Å². The van der Waals surface area contributed by atoms with Crippen molar-refractivity contribution < 1.29 is 13.0 Å². The number of nitrogens with two attached hydrogens (primary N) is 1. The molecule has 1 atom stereocenters. The zero-order chi connectivity index (χ0) is 20.3. The van der Waals surface area contributed by atoms with Crippen LogP contribution in [0.5, 0.6) is 0 Å². The van der Waals surface area contributed by atoms with Gasteiger partial charge in [-0.05, 0) is 59.7 Å². The molecular formula is C19H16Cl2N2O3S2. The molecule has 0 radical (unpaired) electrons. The molecule has 0 aliphatic heterocycles. The predicted molar refractivity (Wildman–Crippen MR) is 115 cm³/mol. The van der Waals surface area contributed by atoms with E-state index in [1.54, 1.807) is 42.5 Å². The molecule has 146 valence electrons. The van der Waals surface area contributed by atoms with E-state index in [2.05, 4.69) is 4.72 Å². The Morgan fingerprint density at radius 2 is 1.68 bits per heavy atom. The summed E-state index contributed by atoms with van der Waals surface area (Å²) in [6.07, 6.45) is 0. The second-order valence-corrected chi connectivity index (χ2v) is 9.91. The zero-order valence-corrected chi connectivity index (χ0v) is 17.6. The van der Waals surface area contributed by atoms with E-state index in [-0.39, 0.29) is 16.3 Å². The number of rotatable bonds is 6. The Balaban J connectivity index is 1.92. The lowest BCUT2D eigenvalue weighted by atomic mass is 10.2. The van der Waals surface area contributed by atoms with Gasteiger partial charge in [-0.1, -0.05) is 41.4 Å². The summed E-state index contributed by atoms with van der Waals surface area (Å²) in [7, 11) is -3.94. The van der Waals surface area contributed by atoms with E-state index in [1.165, 1.54) is 24.3 Å². The molecule has 0 spiro atoms. The minimum absolute atomic E-state index is 0.00691. The van der Waals surface area contributed by atoms with Crippen molar-refractivity contribution in [1.29, 1.82) is 0 Å². The normalized spacial score (nSPS) is 12.5. The summed E-state index contributed by atoms with van der Waals surface area (Å²) in [5, 5.41) is 0.605. The fourth-order valence-corrected chi connectivity index (χ4v) is 5.35. The van der Waals surface area contributed by atoms with Crippen molar-refractivity contribution in [3.63, 3.8) is 0 Å². The van der Waals surface area contributed by atoms with Crippen molar-refractivity contribution in [3.05, 3.63) is 82.3 Å². The van der Waals surface area contributed by atoms with E-state index < -0.39 is 21.2 Å². The van der Waals surface area contributed by atoms with Gasteiger partial charge in [0.15, 0.2) is 4.90 Å². The minimum Gasteiger partial charge on any atom is -0.611 e. The molecule has 0 heterocycles. The van der Waals surface area contributed by atoms with Crippen molar-refractivity contribution in [2.24, 2.45) is 0 Å². The molecule has 0 bridgehead atoms. The second-order valence-electron chi connectivity index (χ2n) is 5.94. The summed E-state index contributed by atoms with van der Waals surface area (Å²) < 4.78 is 40.8. The van der Waals surface area contributed by atoms with Crippen LogP contribution in [0.3, 0.4) is 0 Å². The van der Waals surface area contributed by atoms with Crippen LogP contribution < -0.4 is 10.5 Å². The lowest BCUT2D eigenvalue weighted by molar-refractivity contribution is 0.594. The number of sulfonamides is 1. The number of anilines is 2. The third kappa shape index (κ3) is 5.12. The monoisotopic (exact) mass is 454 g/mol. The summed E-state index contributed by atoms with van der Waals surface area (Å²) in [5.74, 6) is 0.179. The van der Waals surface area contributed by atoms with Gasteiger partial charge in [0.2, 0.25) is 0 Å². The second kappa shape index (κ2) is 8.63. The van der Waals surface area contributed by atoms with Crippen LogP contribution in [0.25, 0.3) is 0 Å². The lowest BCUT2D eigenvalue weighted by Gasteiger charge is -2.16. The molecule has 0 aliphatic rings. The highest BCUT2D eigenvalue weighted by Crippen LogP contribution is 2.30. The maximum Gasteiger partial charge on any atom is 0.262 e. The van der Waals surface area contributed by atoms with Gasteiger partial charge in [-0.25, -0.2) is 8.42 Å². The van der Waals surface area contributed by atoms with Gasteiger partial charge < -0.3 is 10.3 Å². The van der Waals surface area contributed by atoms with Gasteiger partial charge in [-0.3, -0.25) is 4.72 Å². The van der Waals surface area contributed by atoms with E-state index in [1.807, 2.05) is 0 Å². The molecule has 3 aromatic carbocycles. The SMILES string of the molecule is Nc1cccc(C[S+]([O-])c2ccc(Cl)cc2NS(=O)(=O)c2cccc(Cl)c2)c1. The molecule has 0 saturated carbocycles. The Kier molecular flexibility index (Phi) is 6.42. The topological polar surface area (TPSA) is 95.2 Å². The molecule has 0 aliphatic carbocycles. The first-order valence-electron chi connectivity index (χ1n) is 8.05. The van der Waals surface area contributed by atoms with Gasteiger partial charge in [0.05, 0.1) is 4.90 Å². The van der Waals surface area contributed by atoms with Crippen LogP contribution in [-0.2, 0) is 27.0 Å². The largest absolute Gasteiger partial charge is 0.611 e. The summed E-state index contributed by atoms with van der Waals surface area (Å²) in [5.41, 5.74) is 7.25. The van der Waals surface area contributed by atoms with Gasteiger partial charge in [-0.15, -0.1) is 0 Å². The molecule has 0 fully saturated rings. The van der Waals surface area contributed by atoms with E-state index in [0.717, 1.165) is 5.56 Å². The molecule has 3 aromatic rings.